The molecular weight excluding hydrogens is 771 g/mol. The van der Waals surface area contributed by atoms with Crippen molar-refractivity contribution in [1.82, 2.24) is 19.2 Å². The number of carbonyl (C=O) groups excluding carboxylic acids is 2. The SMILES string of the molecule is CCOC(=O)c1c(CCCOc2cccc3ccccc23)c2cccc3c2n1C/C=C\COCc1c-3c(COc2ccc(N3CCN(C(=O)OC(C)(C)C)CC3)cc2)nn1C. The zero-order valence-corrected chi connectivity index (χ0v) is 35.8. The van der Waals surface area contributed by atoms with Crippen molar-refractivity contribution in [3.05, 3.63) is 120 Å². The number of piperazine rings is 1. The summed E-state index contributed by atoms with van der Waals surface area (Å²) in [5, 5.41) is 8.20. The maximum absolute atomic E-state index is 14.0. The third-order valence-corrected chi connectivity index (χ3v) is 11.2. The Morgan fingerprint density at radius 1 is 0.852 bits per heavy atom. The molecule has 4 heterocycles. The van der Waals surface area contributed by atoms with E-state index in [-0.39, 0.29) is 25.3 Å². The first-order valence-corrected chi connectivity index (χ1v) is 21.2. The van der Waals surface area contributed by atoms with E-state index in [0.29, 0.717) is 76.8 Å². The second-order valence-electron chi connectivity index (χ2n) is 16.4. The molecule has 0 N–H and O–H groups in total. The van der Waals surface area contributed by atoms with Gasteiger partial charge in [-0.1, -0.05) is 66.7 Å². The number of hydrogen-bond acceptors (Lipinski definition) is 9. The molecule has 2 aromatic heterocycles. The van der Waals surface area contributed by atoms with Gasteiger partial charge in [-0.2, -0.15) is 5.10 Å². The summed E-state index contributed by atoms with van der Waals surface area (Å²) in [4.78, 5) is 30.6. The van der Waals surface area contributed by atoms with Gasteiger partial charge in [-0.05, 0) is 81.8 Å². The Bertz CT molecular complexity index is 2540. The average Bonchev–Trinajstić information content (AvgIpc) is 3.74. The van der Waals surface area contributed by atoms with Crippen LogP contribution in [0.4, 0.5) is 10.5 Å². The van der Waals surface area contributed by atoms with Gasteiger partial charge in [0.1, 0.15) is 35.1 Å². The molecule has 0 atom stereocenters. The molecule has 12 heteroatoms. The van der Waals surface area contributed by atoms with Gasteiger partial charge in [-0.3, -0.25) is 4.68 Å². The Hall–Kier alpha value is -6.27. The summed E-state index contributed by atoms with van der Waals surface area (Å²) in [6, 6.07) is 28.6. The first-order chi connectivity index (χ1) is 29.6. The van der Waals surface area contributed by atoms with E-state index in [9.17, 15) is 9.59 Å². The number of hydrogen-bond donors (Lipinski definition) is 0. The molecule has 2 aliphatic rings. The molecule has 2 aliphatic heterocycles. The second kappa shape index (κ2) is 18.1. The molecule has 0 spiro atoms. The lowest BCUT2D eigenvalue weighted by molar-refractivity contribution is 0.0240. The number of ether oxygens (including phenoxy) is 5. The van der Waals surface area contributed by atoms with Crippen LogP contribution in [-0.2, 0) is 47.4 Å². The summed E-state index contributed by atoms with van der Waals surface area (Å²) in [5.41, 5.74) is 6.52. The van der Waals surface area contributed by atoms with Crippen molar-refractivity contribution in [1.29, 1.82) is 0 Å². The van der Waals surface area contributed by atoms with E-state index >= 15 is 0 Å². The molecule has 0 aliphatic carbocycles. The molecular formula is C49H55N5O7. The number of carbonyl (C=O) groups is 2. The Morgan fingerprint density at radius 2 is 1.61 bits per heavy atom. The minimum absolute atomic E-state index is 0.218. The van der Waals surface area contributed by atoms with Crippen molar-refractivity contribution in [3.63, 3.8) is 0 Å². The smallest absolute Gasteiger partial charge is 0.410 e. The number of aryl methyl sites for hydroxylation is 2. The van der Waals surface area contributed by atoms with Crippen LogP contribution in [0.2, 0.25) is 0 Å². The first-order valence-electron chi connectivity index (χ1n) is 21.2. The molecule has 0 bridgehead atoms. The van der Waals surface area contributed by atoms with Gasteiger partial charge in [0.25, 0.3) is 0 Å². The van der Waals surface area contributed by atoms with Crippen molar-refractivity contribution in [2.24, 2.45) is 7.05 Å². The molecule has 1 amide bonds. The van der Waals surface area contributed by atoms with Crippen molar-refractivity contribution < 1.29 is 33.3 Å². The maximum Gasteiger partial charge on any atom is 0.410 e. The summed E-state index contributed by atoms with van der Waals surface area (Å²) < 4.78 is 34.3. The average molecular weight is 826 g/mol. The first kappa shape index (κ1) is 41.5. The van der Waals surface area contributed by atoms with E-state index in [1.807, 2.05) is 81.9 Å². The van der Waals surface area contributed by atoms with Gasteiger partial charge in [-0.25, -0.2) is 9.59 Å². The molecule has 0 radical (unpaired) electrons. The molecule has 8 rings (SSSR count). The topological polar surface area (TPSA) is 110 Å². The molecule has 318 valence electrons. The van der Waals surface area contributed by atoms with E-state index in [4.69, 9.17) is 28.8 Å². The molecule has 61 heavy (non-hydrogen) atoms. The number of para-hydroxylation sites is 1. The van der Waals surface area contributed by atoms with Crippen LogP contribution in [0.3, 0.4) is 0 Å². The normalized spacial score (nSPS) is 15.0. The fourth-order valence-corrected chi connectivity index (χ4v) is 8.35. The summed E-state index contributed by atoms with van der Waals surface area (Å²) in [6.45, 7) is 12.3. The number of anilines is 1. The summed E-state index contributed by atoms with van der Waals surface area (Å²) in [7, 11) is 1.93. The number of rotatable bonds is 11. The lowest BCUT2D eigenvalue weighted by Gasteiger charge is -2.36. The minimum atomic E-state index is -0.522. The van der Waals surface area contributed by atoms with E-state index in [1.54, 1.807) is 4.90 Å². The number of nitrogens with zero attached hydrogens (tertiary/aromatic N) is 5. The monoisotopic (exact) mass is 825 g/mol. The van der Waals surface area contributed by atoms with Gasteiger partial charge in [-0.15, -0.1) is 0 Å². The van der Waals surface area contributed by atoms with Crippen LogP contribution in [0.5, 0.6) is 11.5 Å². The fraction of sp³-hybridized carbons (Fsp3) is 0.367. The largest absolute Gasteiger partial charge is 0.493 e. The highest BCUT2D eigenvalue weighted by Gasteiger charge is 2.29. The van der Waals surface area contributed by atoms with Gasteiger partial charge in [0, 0.05) is 67.4 Å². The highest BCUT2D eigenvalue weighted by molar-refractivity contribution is 6.05. The fourth-order valence-electron chi connectivity index (χ4n) is 8.35. The highest BCUT2D eigenvalue weighted by atomic mass is 16.6. The molecule has 0 saturated carbocycles. The lowest BCUT2D eigenvalue weighted by atomic mass is 9.98. The highest BCUT2D eigenvalue weighted by Crippen LogP contribution is 2.39. The minimum Gasteiger partial charge on any atom is -0.493 e. The van der Waals surface area contributed by atoms with E-state index < -0.39 is 5.60 Å². The standard InChI is InChI=1S/C49H55N5O7/c1-6-58-47(55)46-39(19-13-31-59-43-20-11-15-34-14-7-8-16-37(34)43)38-17-12-18-40-44-41(50-51(5)42(44)33-57-30-10-9-25-54(46)45(38)40)32-60-36-23-21-35(22-24-36)52-26-28-53(29-27-52)48(56)61-49(2,3)4/h7-12,14-18,20-24H,6,13,19,25-33H2,1-5H3/b10-9-. The van der Waals surface area contributed by atoms with E-state index in [1.165, 1.54) is 0 Å². The Kier molecular flexibility index (Phi) is 12.3. The van der Waals surface area contributed by atoms with Crippen LogP contribution in [0.25, 0.3) is 32.8 Å². The predicted octanol–water partition coefficient (Wildman–Crippen LogP) is 9.11. The summed E-state index contributed by atoms with van der Waals surface area (Å²) in [5.74, 6) is 1.21. The Morgan fingerprint density at radius 3 is 2.39 bits per heavy atom. The third kappa shape index (κ3) is 9.10. The predicted molar refractivity (Wildman–Crippen MR) is 237 cm³/mol. The van der Waals surface area contributed by atoms with Gasteiger partial charge < -0.3 is 38.1 Å². The molecule has 6 aromatic rings. The van der Waals surface area contributed by atoms with Gasteiger partial charge in [0.15, 0.2) is 0 Å². The summed E-state index contributed by atoms with van der Waals surface area (Å²) >= 11 is 0. The van der Waals surface area contributed by atoms with Crippen molar-refractivity contribution >= 4 is 39.4 Å². The van der Waals surface area contributed by atoms with Crippen molar-refractivity contribution in [2.75, 3.05) is 50.9 Å². The lowest BCUT2D eigenvalue weighted by Crippen LogP contribution is -2.50. The van der Waals surface area contributed by atoms with Gasteiger partial charge in [0.05, 0.1) is 37.6 Å². The van der Waals surface area contributed by atoms with Crippen LogP contribution in [-0.4, -0.2) is 82.9 Å². The number of benzene rings is 4. The van der Waals surface area contributed by atoms with Crippen LogP contribution in [0.1, 0.15) is 61.6 Å². The number of esters is 1. The summed E-state index contributed by atoms with van der Waals surface area (Å²) in [6.07, 6.45) is 5.09. The number of aromatic nitrogens is 3. The zero-order valence-electron chi connectivity index (χ0n) is 35.8. The van der Waals surface area contributed by atoms with Crippen LogP contribution < -0.4 is 14.4 Å². The van der Waals surface area contributed by atoms with Gasteiger partial charge >= 0.3 is 12.1 Å². The van der Waals surface area contributed by atoms with Crippen LogP contribution in [0.15, 0.2) is 97.1 Å². The Balaban J connectivity index is 1.06. The number of fused-ring (bicyclic) bond motifs is 3. The Labute approximate surface area is 357 Å². The molecule has 1 saturated heterocycles. The maximum atomic E-state index is 14.0. The van der Waals surface area contributed by atoms with Crippen molar-refractivity contribution in [3.8, 4) is 22.6 Å². The van der Waals surface area contributed by atoms with E-state index in [0.717, 1.165) is 61.2 Å². The quantitative estimate of drug-likeness (QED) is 0.0718. The zero-order chi connectivity index (χ0) is 42.5. The van der Waals surface area contributed by atoms with Crippen LogP contribution >= 0.6 is 0 Å². The molecule has 4 aromatic carbocycles. The second-order valence-corrected chi connectivity index (χ2v) is 16.4. The van der Waals surface area contributed by atoms with Gasteiger partial charge in [0.2, 0.25) is 0 Å². The van der Waals surface area contributed by atoms with E-state index in [2.05, 4.69) is 64.1 Å². The molecule has 12 nitrogen and oxygen atoms in total. The third-order valence-electron chi connectivity index (χ3n) is 11.2. The van der Waals surface area contributed by atoms with Crippen LogP contribution in [0, 0.1) is 0 Å². The molecule has 0 unspecified atom stereocenters. The number of amides is 1. The van der Waals surface area contributed by atoms with Crippen molar-refractivity contribution in [2.45, 2.75) is 65.9 Å². The number of allylic oxidation sites excluding steroid dienone is 1. The molecule has 1 fully saturated rings.